The molecule has 1 amide bonds. The van der Waals surface area contributed by atoms with Crippen LogP contribution in [0.25, 0.3) is 0 Å². The molecule has 1 atom stereocenters. The predicted octanol–water partition coefficient (Wildman–Crippen LogP) is 1.96. The van der Waals surface area contributed by atoms with Crippen molar-refractivity contribution in [1.29, 1.82) is 0 Å². The van der Waals surface area contributed by atoms with Gasteiger partial charge in [-0.1, -0.05) is 0 Å². The third kappa shape index (κ3) is 2.76. The lowest BCUT2D eigenvalue weighted by Gasteiger charge is -2.10. The maximum Gasteiger partial charge on any atom is 0.253 e. The van der Waals surface area contributed by atoms with E-state index < -0.39 is 0 Å². The highest BCUT2D eigenvalue weighted by molar-refractivity contribution is 9.10. The van der Waals surface area contributed by atoms with Crippen LogP contribution in [-0.2, 0) is 9.53 Å². The third-order valence-electron chi connectivity index (χ3n) is 2.22. The summed E-state index contributed by atoms with van der Waals surface area (Å²) in [5.74, 6) is -0.0781. The Morgan fingerprint density at radius 1 is 1.67 bits per heavy atom. The zero-order valence-electron chi connectivity index (χ0n) is 8.07. The highest BCUT2D eigenvalue weighted by atomic mass is 79.9. The maximum atomic E-state index is 11.7. The van der Waals surface area contributed by atoms with Crippen molar-refractivity contribution in [2.24, 2.45) is 0 Å². The van der Waals surface area contributed by atoms with Crippen LogP contribution in [0.15, 0.2) is 22.9 Å². The number of anilines is 1. The van der Waals surface area contributed by atoms with Crippen LogP contribution in [0.4, 0.5) is 5.69 Å². The molecule has 2 rings (SSSR count). The van der Waals surface area contributed by atoms with Crippen LogP contribution in [0.1, 0.15) is 12.8 Å². The van der Waals surface area contributed by atoms with Crippen molar-refractivity contribution < 1.29 is 9.53 Å². The summed E-state index contributed by atoms with van der Waals surface area (Å²) in [5.41, 5.74) is 0.734. The lowest BCUT2D eigenvalue weighted by Crippen LogP contribution is -2.26. The molecule has 0 saturated carbocycles. The standard InChI is InChI=1S/C10H11BrN2O2/c11-9-6-7(3-4-12-9)13-10(14)8-2-1-5-15-8/h3-4,6,8H,1-2,5H2,(H,12,13,14)/t8-/m0/s1. The monoisotopic (exact) mass is 270 g/mol. The molecule has 1 aromatic rings. The van der Waals surface area contributed by atoms with Crippen LogP contribution in [0.2, 0.25) is 0 Å². The van der Waals surface area contributed by atoms with Crippen LogP contribution in [0.5, 0.6) is 0 Å². The Hall–Kier alpha value is -0.940. The fourth-order valence-corrected chi connectivity index (χ4v) is 1.85. The number of nitrogens with zero attached hydrogens (tertiary/aromatic N) is 1. The number of hydrogen-bond donors (Lipinski definition) is 1. The Morgan fingerprint density at radius 3 is 3.20 bits per heavy atom. The molecule has 4 nitrogen and oxygen atoms in total. The number of nitrogens with one attached hydrogen (secondary N) is 1. The normalized spacial score (nSPS) is 20.2. The minimum Gasteiger partial charge on any atom is -0.368 e. The van der Waals surface area contributed by atoms with E-state index in [4.69, 9.17) is 4.74 Å². The Morgan fingerprint density at radius 2 is 2.53 bits per heavy atom. The first-order valence-corrected chi connectivity index (χ1v) is 5.59. The van der Waals surface area contributed by atoms with Crippen LogP contribution in [0.3, 0.4) is 0 Å². The molecule has 0 aromatic carbocycles. The lowest BCUT2D eigenvalue weighted by atomic mass is 10.2. The molecular formula is C10H11BrN2O2. The van der Waals surface area contributed by atoms with Gasteiger partial charge in [0, 0.05) is 18.5 Å². The van der Waals surface area contributed by atoms with E-state index in [9.17, 15) is 4.79 Å². The molecule has 0 unspecified atom stereocenters. The summed E-state index contributed by atoms with van der Waals surface area (Å²) in [6, 6.07) is 3.50. The number of ether oxygens (including phenoxy) is 1. The SMILES string of the molecule is O=C(Nc1ccnc(Br)c1)[C@@H]1CCCO1. The van der Waals surface area contributed by atoms with E-state index in [-0.39, 0.29) is 12.0 Å². The minimum absolute atomic E-state index is 0.0781. The molecule has 0 spiro atoms. The average Bonchev–Trinajstić information content (AvgIpc) is 2.70. The van der Waals surface area contributed by atoms with Gasteiger partial charge in [-0.3, -0.25) is 4.79 Å². The molecule has 1 aromatic heterocycles. The second kappa shape index (κ2) is 4.72. The van der Waals surface area contributed by atoms with Gasteiger partial charge in [0.2, 0.25) is 0 Å². The fraction of sp³-hybridized carbons (Fsp3) is 0.400. The Kier molecular flexibility index (Phi) is 3.33. The van der Waals surface area contributed by atoms with Gasteiger partial charge < -0.3 is 10.1 Å². The smallest absolute Gasteiger partial charge is 0.253 e. The van der Waals surface area contributed by atoms with Crippen molar-refractivity contribution in [1.82, 2.24) is 4.98 Å². The van der Waals surface area contributed by atoms with Gasteiger partial charge in [-0.2, -0.15) is 0 Å². The first-order valence-electron chi connectivity index (χ1n) is 4.80. The topological polar surface area (TPSA) is 51.2 Å². The van der Waals surface area contributed by atoms with Gasteiger partial charge in [-0.05, 0) is 40.9 Å². The lowest BCUT2D eigenvalue weighted by molar-refractivity contribution is -0.124. The van der Waals surface area contributed by atoms with Gasteiger partial charge in [-0.25, -0.2) is 4.98 Å². The van der Waals surface area contributed by atoms with Gasteiger partial charge >= 0.3 is 0 Å². The number of rotatable bonds is 2. The van der Waals surface area contributed by atoms with E-state index in [1.807, 2.05) is 0 Å². The van der Waals surface area contributed by atoms with Crippen molar-refractivity contribution in [2.75, 3.05) is 11.9 Å². The molecule has 5 heteroatoms. The molecule has 15 heavy (non-hydrogen) atoms. The van der Waals surface area contributed by atoms with Crippen LogP contribution < -0.4 is 5.32 Å². The summed E-state index contributed by atoms with van der Waals surface area (Å²) in [7, 11) is 0. The van der Waals surface area contributed by atoms with E-state index in [0.717, 1.165) is 18.5 Å². The molecule has 0 radical (unpaired) electrons. The summed E-state index contributed by atoms with van der Waals surface area (Å²) in [4.78, 5) is 15.6. The molecule has 1 N–H and O–H groups in total. The Balaban J connectivity index is 1.99. The summed E-state index contributed by atoms with van der Waals surface area (Å²) in [5, 5.41) is 2.79. The molecule has 2 heterocycles. The molecular weight excluding hydrogens is 260 g/mol. The van der Waals surface area contributed by atoms with Gasteiger partial charge in [0.15, 0.2) is 0 Å². The first-order chi connectivity index (χ1) is 7.25. The van der Waals surface area contributed by atoms with Crippen molar-refractivity contribution in [3.63, 3.8) is 0 Å². The number of carbonyl (C=O) groups is 1. The fourth-order valence-electron chi connectivity index (χ4n) is 1.49. The van der Waals surface area contributed by atoms with Gasteiger partial charge in [0.05, 0.1) is 0 Å². The number of aromatic nitrogens is 1. The van der Waals surface area contributed by atoms with Gasteiger partial charge in [0.25, 0.3) is 5.91 Å². The third-order valence-corrected chi connectivity index (χ3v) is 2.65. The zero-order chi connectivity index (χ0) is 10.7. The van der Waals surface area contributed by atoms with Crippen LogP contribution >= 0.6 is 15.9 Å². The van der Waals surface area contributed by atoms with E-state index in [1.165, 1.54) is 0 Å². The number of hydrogen-bond acceptors (Lipinski definition) is 3. The van der Waals surface area contributed by atoms with Crippen molar-refractivity contribution >= 4 is 27.5 Å². The first kappa shape index (κ1) is 10.6. The largest absolute Gasteiger partial charge is 0.368 e. The van der Waals surface area contributed by atoms with E-state index >= 15 is 0 Å². The molecule has 1 saturated heterocycles. The number of amides is 1. The van der Waals surface area contributed by atoms with Crippen molar-refractivity contribution in [2.45, 2.75) is 18.9 Å². The zero-order valence-corrected chi connectivity index (χ0v) is 9.66. The van der Waals surface area contributed by atoms with Crippen LogP contribution in [-0.4, -0.2) is 23.6 Å². The molecule has 1 aliphatic heterocycles. The van der Waals surface area contributed by atoms with Crippen molar-refractivity contribution in [3.05, 3.63) is 22.9 Å². The number of carbonyl (C=O) groups excluding carboxylic acids is 1. The number of pyridine rings is 1. The van der Waals surface area contributed by atoms with E-state index in [1.54, 1.807) is 18.3 Å². The predicted molar refractivity (Wildman–Crippen MR) is 59.5 cm³/mol. The second-order valence-corrected chi connectivity index (χ2v) is 4.17. The molecule has 1 aliphatic rings. The van der Waals surface area contributed by atoms with Gasteiger partial charge in [-0.15, -0.1) is 0 Å². The molecule has 0 aliphatic carbocycles. The number of halogens is 1. The molecule has 1 fully saturated rings. The average molecular weight is 271 g/mol. The minimum atomic E-state index is -0.294. The van der Waals surface area contributed by atoms with E-state index in [0.29, 0.717) is 11.2 Å². The summed E-state index contributed by atoms with van der Waals surface area (Å²) < 4.78 is 5.98. The quantitative estimate of drug-likeness (QED) is 0.836. The summed E-state index contributed by atoms with van der Waals surface area (Å²) >= 11 is 3.24. The summed E-state index contributed by atoms with van der Waals surface area (Å²) in [6.07, 6.45) is 3.10. The van der Waals surface area contributed by atoms with Gasteiger partial charge in [0.1, 0.15) is 10.7 Å². The highest BCUT2D eigenvalue weighted by Gasteiger charge is 2.23. The van der Waals surface area contributed by atoms with Crippen molar-refractivity contribution in [3.8, 4) is 0 Å². The molecule has 80 valence electrons. The highest BCUT2D eigenvalue weighted by Crippen LogP contribution is 2.16. The Labute approximate surface area is 96.2 Å². The van der Waals surface area contributed by atoms with E-state index in [2.05, 4.69) is 26.2 Å². The second-order valence-electron chi connectivity index (χ2n) is 3.36. The maximum absolute atomic E-state index is 11.7. The van der Waals surface area contributed by atoms with Crippen LogP contribution in [0, 0.1) is 0 Å². The summed E-state index contributed by atoms with van der Waals surface area (Å²) in [6.45, 7) is 0.679. The molecule has 0 bridgehead atoms. The Bertz CT molecular complexity index is 364.